The summed E-state index contributed by atoms with van der Waals surface area (Å²) in [6.45, 7) is 3.22. The van der Waals surface area contributed by atoms with Crippen LogP contribution in [0.2, 0.25) is 0 Å². The zero-order valence-corrected chi connectivity index (χ0v) is 16.0. The minimum atomic E-state index is -0.566. The molecule has 2 rings (SSSR count). The molecule has 0 spiro atoms. The Kier molecular flexibility index (Phi) is 8.51. The largest absolute Gasteiger partial charge is 0.368 e. The Bertz CT molecular complexity index is 585. The van der Waals surface area contributed by atoms with Crippen LogP contribution in [0.1, 0.15) is 35.7 Å². The molecule has 24 heavy (non-hydrogen) atoms. The molecule has 7 nitrogen and oxygen atoms in total. The molecule has 0 heterocycles. The molecular weight excluding hydrogens is 421 g/mol. The highest BCUT2D eigenvalue weighted by Gasteiger charge is 2.21. The number of nitrogens with one attached hydrogen (secondary N) is 3. The smallest absolute Gasteiger partial charge is 0.251 e. The molecular formula is C16H24IN5O2. The van der Waals surface area contributed by atoms with E-state index in [0.717, 1.165) is 18.1 Å². The van der Waals surface area contributed by atoms with Gasteiger partial charge in [0.25, 0.3) is 5.91 Å². The van der Waals surface area contributed by atoms with Gasteiger partial charge in [-0.05, 0) is 37.5 Å². The maximum atomic E-state index is 11.8. The number of aliphatic imine (C=N–C) groups is 1. The third-order valence-electron chi connectivity index (χ3n) is 3.32. The number of carbonyl (C=O) groups is 2. The first-order valence-electron chi connectivity index (χ1n) is 7.78. The summed E-state index contributed by atoms with van der Waals surface area (Å²) in [7, 11) is 0. The normalized spacial score (nSPS) is 13.6. The summed E-state index contributed by atoms with van der Waals surface area (Å²) in [5.41, 5.74) is 6.49. The van der Waals surface area contributed by atoms with E-state index in [2.05, 4.69) is 20.9 Å². The Morgan fingerprint density at radius 2 is 1.88 bits per heavy atom. The highest BCUT2D eigenvalue weighted by molar-refractivity contribution is 14.0. The average molecular weight is 445 g/mol. The number of rotatable bonds is 7. The molecule has 5 N–H and O–H groups in total. The molecule has 8 heteroatoms. The van der Waals surface area contributed by atoms with E-state index in [0.29, 0.717) is 18.2 Å². The van der Waals surface area contributed by atoms with E-state index in [4.69, 9.17) is 5.73 Å². The van der Waals surface area contributed by atoms with Crippen LogP contribution in [0, 0.1) is 0 Å². The second kappa shape index (κ2) is 10.1. The summed E-state index contributed by atoms with van der Waals surface area (Å²) in [6, 6.07) is 7.67. The van der Waals surface area contributed by atoms with Gasteiger partial charge in [0.1, 0.15) is 0 Å². The number of amides is 2. The number of benzene rings is 1. The summed E-state index contributed by atoms with van der Waals surface area (Å²) < 4.78 is 0. The van der Waals surface area contributed by atoms with Crippen LogP contribution in [-0.4, -0.2) is 36.9 Å². The Morgan fingerprint density at radius 3 is 2.42 bits per heavy atom. The molecule has 1 aliphatic rings. The average Bonchev–Trinajstić information content (AvgIpc) is 3.35. The highest BCUT2D eigenvalue weighted by Crippen LogP contribution is 2.18. The van der Waals surface area contributed by atoms with Gasteiger partial charge in [0, 0.05) is 18.2 Å². The van der Waals surface area contributed by atoms with Crippen molar-refractivity contribution in [2.24, 2.45) is 10.7 Å². The molecule has 1 aromatic carbocycles. The number of hydrogen-bond acceptors (Lipinski definition) is 3. The molecule has 0 aliphatic heterocycles. The van der Waals surface area contributed by atoms with Crippen LogP contribution in [0.4, 0.5) is 0 Å². The zero-order valence-electron chi connectivity index (χ0n) is 13.7. The molecule has 1 aromatic rings. The van der Waals surface area contributed by atoms with Crippen LogP contribution < -0.4 is 21.7 Å². The molecule has 0 radical (unpaired) electrons. The third-order valence-corrected chi connectivity index (χ3v) is 3.32. The minimum absolute atomic E-state index is 0. The minimum Gasteiger partial charge on any atom is -0.368 e. The van der Waals surface area contributed by atoms with Crippen LogP contribution in [0.3, 0.4) is 0 Å². The van der Waals surface area contributed by atoms with Crippen molar-refractivity contribution in [1.29, 1.82) is 0 Å². The number of guanidine groups is 1. The lowest BCUT2D eigenvalue weighted by Crippen LogP contribution is -2.38. The van der Waals surface area contributed by atoms with E-state index in [-0.39, 0.29) is 36.4 Å². The van der Waals surface area contributed by atoms with Gasteiger partial charge in [0.05, 0.1) is 13.1 Å². The van der Waals surface area contributed by atoms with Crippen LogP contribution in [0.25, 0.3) is 0 Å². The Balaban J connectivity index is 0.00000288. The maximum Gasteiger partial charge on any atom is 0.251 e. The summed E-state index contributed by atoms with van der Waals surface area (Å²) in [6.07, 6.45) is 2.39. The predicted molar refractivity (Wildman–Crippen MR) is 104 cm³/mol. The van der Waals surface area contributed by atoms with Gasteiger partial charge in [-0.15, -0.1) is 24.0 Å². The Hall–Kier alpha value is -1.84. The summed E-state index contributed by atoms with van der Waals surface area (Å²) in [4.78, 5) is 27.0. The number of primary amides is 1. The van der Waals surface area contributed by atoms with Crippen molar-refractivity contribution in [1.82, 2.24) is 16.0 Å². The SMILES string of the molecule is CCNC(=NCc1ccc(C(=O)NCC(N)=O)cc1)NC1CC1.I. The van der Waals surface area contributed by atoms with Crippen LogP contribution in [-0.2, 0) is 11.3 Å². The van der Waals surface area contributed by atoms with E-state index in [1.807, 2.05) is 19.1 Å². The van der Waals surface area contributed by atoms with Gasteiger partial charge in [-0.3, -0.25) is 9.59 Å². The van der Waals surface area contributed by atoms with E-state index in [9.17, 15) is 9.59 Å². The van der Waals surface area contributed by atoms with E-state index in [1.54, 1.807) is 12.1 Å². The topological polar surface area (TPSA) is 109 Å². The molecule has 1 aliphatic carbocycles. The fourth-order valence-corrected chi connectivity index (χ4v) is 1.94. The molecule has 0 saturated heterocycles. The molecule has 1 fully saturated rings. The van der Waals surface area contributed by atoms with Crippen molar-refractivity contribution in [3.63, 3.8) is 0 Å². The molecule has 1 saturated carbocycles. The fraction of sp³-hybridized carbons (Fsp3) is 0.438. The van der Waals surface area contributed by atoms with Gasteiger partial charge >= 0.3 is 0 Å². The van der Waals surface area contributed by atoms with Crippen molar-refractivity contribution in [3.8, 4) is 0 Å². The molecule has 0 bridgehead atoms. The van der Waals surface area contributed by atoms with Crippen molar-refractivity contribution in [2.75, 3.05) is 13.1 Å². The van der Waals surface area contributed by atoms with Crippen LogP contribution in [0.15, 0.2) is 29.3 Å². The van der Waals surface area contributed by atoms with Gasteiger partial charge in [-0.1, -0.05) is 12.1 Å². The van der Waals surface area contributed by atoms with Gasteiger partial charge < -0.3 is 21.7 Å². The van der Waals surface area contributed by atoms with E-state index < -0.39 is 5.91 Å². The van der Waals surface area contributed by atoms with Crippen molar-refractivity contribution in [3.05, 3.63) is 35.4 Å². The van der Waals surface area contributed by atoms with Gasteiger partial charge in [0.2, 0.25) is 5.91 Å². The summed E-state index contributed by atoms with van der Waals surface area (Å²) >= 11 is 0. The summed E-state index contributed by atoms with van der Waals surface area (Å²) in [5.74, 6) is -0.0655. The van der Waals surface area contributed by atoms with Crippen LogP contribution in [0.5, 0.6) is 0 Å². The number of hydrogen-bond donors (Lipinski definition) is 4. The Labute approximate surface area is 158 Å². The number of carbonyl (C=O) groups excluding carboxylic acids is 2. The predicted octanol–water partition coefficient (Wildman–Crippen LogP) is 0.737. The summed E-state index contributed by atoms with van der Waals surface area (Å²) in [5, 5.41) is 9.01. The quantitative estimate of drug-likeness (QED) is 0.282. The Morgan fingerprint density at radius 1 is 1.21 bits per heavy atom. The highest BCUT2D eigenvalue weighted by atomic mass is 127. The van der Waals surface area contributed by atoms with Crippen molar-refractivity contribution in [2.45, 2.75) is 32.4 Å². The molecule has 0 aromatic heterocycles. The second-order valence-corrected chi connectivity index (χ2v) is 5.46. The molecule has 2 amide bonds. The third kappa shape index (κ3) is 7.16. The zero-order chi connectivity index (χ0) is 16.7. The fourth-order valence-electron chi connectivity index (χ4n) is 1.94. The van der Waals surface area contributed by atoms with Gasteiger partial charge in [-0.25, -0.2) is 4.99 Å². The van der Waals surface area contributed by atoms with E-state index in [1.165, 1.54) is 12.8 Å². The first kappa shape index (κ1) is 20.2. The van der Waals surface area contributed by atoms with Crippen LogP contribution >= 0.6 is 24.0 Å². The first-order valence-corrected chi connectivity index (χ1v) is 7.78. The number of nitrogens with zero attached hydrogens (tertiary/aromatic N) is 1. The standard InChI is InChI=1S/C16H23N5O2.HI/c1-2-18-16(21-13-7-8-13)20-9-11-3-5-12(6-4-11)15(23)19-10-14(17)22;/h3-6,13H,2,7-10H2,1H3,(H2,17,22)(H,19,23)(H2,18,20,21);1H. The van der Waals surface area contributed by atoms with Gasteiger partial charge in [0.15, 0.2) is 5.96 Å². The molecule has 132 valence electrons. The molecule has 0 atom stereocenters. The lowest BCUT2D eigenvalue weighted by molar-refractivity contribution is -0.117. The monoisotopic (exact) mass is 445 g/mol. The first-order chi connectivity index (χ1) is 11.1. The second-order valence-electron chi connectivity index (χ2n) is 5.46. The van der Waals surface area contributed by atoms with Crippen molar-refractivity contribution >= 4 is 41.8 Å². The number of nitrogens with two attached hydrogens (primary N) is 1. The maximum absolute atomic E-state index is 11.8. The van der Waals surface area contributed by atoms with Crippen molar-refractivity contribution < 1.29 is 9.59 Å². The lowest BCUT2D eigenvalue weighted by atomic mass is 10.1. The van der Waals surface area contributed by atoms with E-state index >= 15 is 0 Å². The molecule has 0 unspecified atom stereocenters. The lowest BCUT2D eigenvalue weighted by Gasteiger charge is -2.10. The number of halogens is 1. The van der Waals surface area contributed by atoms with Gasteiger partial charge in [-0.2, -0.15) is 0 Å².